The highest BCUT2D eigenvalue weighted by Gasteiger charge is 2.39. The summed E-state index contributed by atoms with van der Waals surface area (Å²) in [5, 5.41) is 9.04. The highest BCUT2D eigenvalue weighted by atomic mass is 16.4. The molecule has 3 nitrogen and oxygen atoms in total. The summed E-state index contributed by atoms with van der Waals surface area (Å²) in [6.07, 6.45) is 3.98. The average Bonchev–Trinajstić information content (AvgIpc) is 2.44. The summed E-state index contributed by atoms with van der Waals surface area (Å²) in [4.78, 5) is 13.3. The van der Waals surface area contributed by atoms with Gasteiger partial charge in [-0.1, -0.05) is 20.3 Å². The molecule has 0 amide bonds. The number of likely N-dealkylation sites (tertiary alicyclic amines) is 1. The van der Waals surface area contributed by atoms with E-state index < -0.39 is 5.97 Å². The Bertz CT molecular complexity index is 260. The maximum atomic E-state index is 11.0. The van der Waals surface area contributed by atoms with Crippen molar-refractivity contribution in [3.63, 3.8) is 0 Å². The second-order valence-electron chi connectivity index (χ2n) is 5.78. The van der Waals surface area contributed by atoms with Gasteiger partial charge in [0.15, 0.2) is 0 Å². The molecule has 1 saturated carbocycles. The minimum absolute atomic E-state index is 0.145. The molecule has 2 aliphatic rings. The topological polar surface area (TPSA) is 40.5 Å². The average molecular weight is 211 g/mol. The molecule has 2 rings (SSSR count). The van der Waals surface area contributed by atoms with E-state index in [-0.39, 0.29) is 5.92 Å². The van der Waals surface area contributed by atoms with Crippen molar-refractivity contribution < 1.29 is 9.90 Å². The van der Waals surface area contributed by atoms with Gasteiger partial charge in [-0.25, -0.2) is 0 Å². The fourth-order valence-electron chi connectivity index (χ4n) is 3.00. The third kappa shape index (κ3) is 2.17. The van der Waals surface area contributed by atoms with Crippen LogP contribution in [0.3, 0.4) is 0 Å². The predicted molar refractivity (Wildman–Crippen MR) is 58.7 cm³/mol. The third-order valence-electron chi connectivity index (χ3n) is 4.17. The highest BCUT2D eigenvalue weighted by molar-refractivity contribution is 5.71. The van der Waals surface area contributed by atoms with Crippen molar-refractivity contribution in [2.24, 2.45) is 17.3 Å². The van der Waals surface area contributed by atoms with Gasteiger partial charge in [-0.05, 0) is 24.2 Å². The van der Waals surface area contributed by atoms with Gasteiger partial charge in [-0.3, -0.25) is 4.79 Å². The van der Waals surface area contributed by atoms with E-state index in [1.807, 2.05) is 0 Å². The molecule has 1 N–H and O–H groups in total. The second kappa shape index (κ2) is 3.78. The lowest BCUT2D eigenvalue weighted by Crippen LogP contribution is -2.39. The molecule has 0 radical (unpaired) electrons. The lowest BCUT2D eigenvalue weighted by atomic mass is 9.70. The zero-order valence-corrected chi connectivity index (χ0v) is 9.70. The molecular formula is C12H21NO2. The van der Waals surface area contributed by atoms with Gasteiger partial charge in [0.05, 0.1) is 5.92 Å². The second-order valence-corrected chi connectivity index (χ2v) is 5.78. The van der Waals surface area contributed by atoms with Crippen LogP contribution in [0.1, 0.15) is 33.1 Å². The van der Waals surface area contributed by atoms with E-state index in [0.717, 1.165) is 19.6 Å². The number of rotatable bonds is 3. The Morgan fingerprint density at radius 1 is 1.47 bits per heavy atom. The predicted octanol–water partition coefficient (Wildman–Crippen LogP) is 1.83. The fraction of sp³-hybridized carbons (Fsp3) is 0.917. The van der Waals surface area contributed by atoms with E-state index in [2.05, 4.69) is 18.7 Å². The van der Waals surface area contributed by atoms with Crippen LogP contribution in [-0.2, 0) is 4.79 Å². The molecule has 2 atom stereocenters. The van der Waals surface area contributed by atoms with Gasteiger partial charge < -0.3 is 10.0 Å². The molecule has 1 aliphatic carbocycles. The summed E-state index contributed by atoms with van der Waals surface area (Å²) in [6, 6.07) is 0. The standard InChI is InChI=1S/C12H21NO2/c1-9-6-13(7-10(9)11(14)15)8-12(2)4-3-5-12/h9-10H,3-8H2,1-2H3,(H,14,15)/t9-,10-/m1/s1. The van der Waals surface area contributed by atoms with Crippen LogP contribution in [0.2, 0.25) is 0 Å². The quantitative estimate of drug-likeness (QED) is 0.774. The van der Waals surface area contributed by atoms with Crippen LogP contribution in [0.25, 0.3) is 0 Å². The Morgan fingerprint density at radius 2 is 2.13 bits per heavy atom. The number of nitrogens with zero attached hydrogens (tertiary/aromatic N) is 1. The maximum Gasteiger partial charge on any atom is 0.308 e. The molecule has 1 saturated heterocycles. The molecule has 86 valence electrons. The SMILES string of the molecule is C[C@@H]1CN(CC2(C)CCC2)C[C@H]1C(=O)O. The van der Waals surface area contributed by atoms with E-state index >= 15 is 0 Å². The molecule has 0 bridgehead atoms. The van der Waals surface area contributed by atoms with Crippen molar-refractivity contribution in [2.75, 3.05) is 19.6 Å². The van der Waals surface area contributed by atoms with E-state index in [9.17, 15) is 4.79 Å². The first-order valence-electron chi connectivity index (χ1n) is 5.95. The van der Waals surface area contributed by atoms with Crippen molar-refractivity contribution in [3.8, 4) is 0 Å². The summed E-state index contributed by atoms with van der Waals surface area (Å²) in [5.74, 6) is -0.455. The molecule has 2 fully saturated rings. The lowest BCUT2D eigenvalue weighted by molar-refractivity contribution is -0.142. The first-order valence-corrected chi connectivity index (χ1v) is 5.95. The van der Waals surface area contributed by atoms with Crippen LogP contribution in [0.4, 0.5) is 0 Å². The summed E-state index contributed by atoms with van der Waals surface area (Å²) >= 11 is 0. The van der Waals surface area contributed by atoms with E-state index in [4.69, 9.17) is 5.11 Å². The Balaban J connectivity index is 1.88. The molecule has 0 aromatic heterocycles. The summed E-state index contributed by atoms with van der Waals surface area (Å²) in [6.45, 7) is 7.21. The van der Waals surface area contributed by atoms with Crippen molar-refractivity contribution in [1.82, 2.24) is 4.90 Å². The fourth-order valence-corrected chi connectivity index (χ4v) is 3.00. The van der Waals surface area contributed by atoms with Gasteiger partial charge in [0, 0.05) is 19.6 Å². The van der Waals surface area contributed by atoms with Gasteiger partial charge in [-0.15, -0.1) is 0 Å². The molecule has 0 aromatic carbocycles. The van der Waals surface area contributed by atoms with Crippen LogP contribution >= 0.6 is 0 Å². The number of aliphatic carboxylic acids is 1. The van der Waals surface area contributed by atoms with E-state index in [1.165, 1.54) is 19.3 Å². The lowest BCUT2D eigenvalue weighted by Gasteiger charge is -2.41. The van der Waals surface area contributed by atoms with Crippen molar-refractivity contribution in [3.05, 3.63) is 0 Å². The van der Waals surface area contributed by atoms with Gasteiger partial charge in [0.1, 0.15) is 0 Å². The Morgan fingerprint density at radius 3 is 2.53 bits per heavy atom. The van der Waals surface area contributed by atoms with Gasteiger partial charge in [0.2, 0.25) is 0 Å². The molecule has 0 unspecified atom stereocenters. The number of carboxylic acids is 1. The van der Waals surface area contributed by atoms with Gasteiger partial charge in [0.25, 0.3) is 0 Å². The van der Waals surface area contributed by atoms with Crippen LogP contribution in [-0.4, -0.2) is 35.6 Å². The van der Waals surface area contributed by atoms with Crippen molar-refractivity contribution >= 4 is 5.97 Å². The number of carbonyl (C=O) groups is 1. The first kappa shape index (κ1) is 10.9. The normalized spacial score (nSPS) is 35.1. The van der Waals surface area contributed by atoms with E-state index in [0.29, 0.717) is 11.3 Å². The molecule has 15 heavy (non-hydrogen) atoms. The molecule has 1 aliphatic heterocycles. The molecule has 0 spiro atoms. The van der Waals surface area contributed by atoms with Crippen LogP contribution in [0.5, 0.6) is 0 Å². The minimum atomic E-state index is -0.622. The molecule has 3 heteroatoms. The van der Waals surface area contributed by atoms with Gasteiger partial charge >= 0.3 is 5.97 Å². The van der Waals surface area contributed by atoms with Crippen LogP contribution in [0, 0.1) is 17.3 Å². The third-order valence-corrected chi connectivity index (χ3v) is 4.17. The smallest absolute Gasteiger partial charge is 0.308 e. The zero-order chi connectivity index (χ0) is 11.1. The largest absolute Gasteiger partial charge is 0.481 e. The number of carboxylic acid groups (broad SMARTS) is 1. The maximum absolute atomic E-state index is 11.0. The number of hydrogen-bond acceptors (Lipinski definition) is 2. The first-order chi connectivity index (χ1) is 7.00. The van der Waals surface area contributed by atoms with Gasteiger partial charge in [-0.2, -0.15) is 0 Å². The minimum Gasteiger partial charge on any atom is -0.481 e. The summed E-state index contributed by atoms with van der Waals surface area (Å²) in [7, 11) is 0. The van der Waals surface area contributed by atoms with Crippen molar-refractivity contribution in [1.29, 1.82) is 0 Å². The monoisotopic (exact) mass is 211 g/mol. The van der Waals surface area contributed by atoms with Crippen LogP contribution < -0.4 is 0 Å². The van der Waals surface area contributed by atoms with Crippen LogP contribution in [0.15, 0.2) is 0 Å². The Labute approximate surface area is 91.5 Å². The highest BCUT2D eigenvalue weighted by Crippen LogP contribution is 2.42. The van der Waals surface area contributed by atoms with Crippen molar-refractivity contribution in [2.45, 2.75) is 33.1 Å². The molecule has 1 heterocycles. The molecular weight excluding hydrogens is 190 g/mol. The Hall–Kier alpha value is -0.570. The summed E-state index contributed by atoms with van der Waals surface area (Å²) < 4.78 is 0. The summed E-state index contributed by atoms with van der Waals surface area (Å²) in [5.41, 5.74) is 0.479. The number of hydrogen-bond donors (Lipinski definition) is 1. The van der Waals surface area contributed by atoms with E-state index in [1.54, 1.807) is 0 Å². The zero-order valence-electron chi connectivity index (χ0n) is 9.70. The Kier molecular flexibility index (Phi) is 2.75. The molecule has 0 aromatic rings.